The summed E-state index contributed by atoms with van der Waals surface area (Å²) >= 11 is 0. The Bertz CT molecular complexity index is 700. The van der Waals surface area contributed by atoms with Gasteiger partial charge < -0.3 is 9.05 Å². The molecular weight excluding hydrogens is 327 g/mol. The molecule has 0 saturated heterocycles. The molecule has 2 rings (SSSR count). The second-order valence-electron chi connectivity index (χ2n) is 4.27. The molecule has 0 aromatic heterocycles. The summed E-state index contributed by atoms with van der Waals surface area (Å²) in [6.07, 6.45) is 0. The SMILES string of the molecule is COS(=O)(=O)CP(=O)(Oc1ccccc1)Oc1ccccc1. The van der Waals surface area contributed by atoms with Crippen molar-refractivity contribution in [3.05, 3.63) is 60.7 Å². The third-order valence-electron chi connectivity index (χ3n) is 2.55. The summed E-state index contributed by atoms with van der Waals surface area (Å²) in [6.45, 7) is 0. The molecule has 2 aromatic rings. The summed E-state index contributed by atoms with van der Waals surface area (Å²) in [4.78, 5) is 0. The number of para-hydroxylation sites is 2. The van der Waals surface area contributed by atoms with Gasteiger partial charge in [0.2, 0.25) is 0 Å². The molecule has 6 nitrogen and oxygen atoms in total. The minimum absolute atomic E-state index is 0.244. The third-order valence-corrected chi connectivity index (χ3v) is 6.56. The predicted molar refractivity (Wildman–Crippen MR) is 82.5 cm³/mol. The molecule has 0 unspecified atom stereocenters. The summed E-state index contributed by atoms with van der Waals surface area (Å²) in [5.74, 6) is 0.487. The summed E-state index contributed by atoms with van der Waals surface area (Å²) in [6, 6.07) is 16.4. The van der Waals surface area contributed by atoms with E-state index < -0.39 is 23.2 Å². The molecule has 0 amide bonds. The van der Waals surface area contributed by atoms with E-state index in [-0.39, 0.29) is 11.5 Å². The molecule has 118 valence electrons. The maximum atomic E-state index is 12.8. The molecule has 0 heterocycles. The van der Waals surface area contributed by atoms with Gasteiger partial charge in [-0.3, -0.25) is 4.18 Å². The van der Waals surface area contributed by atoms with Crippen molar-refractivity contribution in [1.82, 2.24) is 0 Å². The van der Waals surface area contributed by atoms with E-state index in [1.54, 1.807) is 60.7 Å². The monoisotopic (exact) mass is 342 g/mol. The molecule has 0 radical (unpaired) electrons. The first-order valence-corrected chi connectivity index (χ1v) is 9.60. The van der Waals surface area contributed by atoms with Gasteiger partial charge in [0.25, 0.3) is 10.1 Å². The molecule has 0 aliphatic heterocycles. The van der Waals surface area contributed by atoms with Gasteiger partial charge >= 0.3 is 7.60 Å². The van der Waals surface area contributed by atoms with Crippen LogP contribution in [0.3, 0.4) is 0 Å². The molecule has 0 atom stereocenters. The van der Waals surface area contributed by atoms with Crippen molar-refractivity contribution in [1.29, 1.82) is 0 Å². The second kappa shape index (κ2) is 6.96. The van der Waals surface area contributed by atoms with Crippen LogP contribution < -0.4 is 9.05 Å². The van der Waals surface area contributed by atoms with E-state index >= 15 is 0 Å². The maximum Gasteiger partial charge on any atom is 0.448 e. The van der Waals surface area contributed by atoms with Crippen LogP contribution in [0.5, 0.6) is 11.5 Å². The lowest BCUT2D eigenvalue weighted by atomic mass is 10.3. The molecule has 0 bridgehead atoms. The lowest BCUT2D eigenvalue weighted by molar-refractivity contribution is 0.378. The molecule has 8 heteroatoms. The predicted octanol–water partition coefficient (Wildman–Crippen LogP) is 3.27. The van der Waals surface area contributed by atoms with Gasteiger partial charge in [0.1, 0.15) is 11.5 Å². The molecule has 0 aliphatic carbocycles. The Morgan fingerprint density at radius 1 is 0.864 bits per heavy atom. The minimum Gasteiger partial charge on any atom is -0.415 e. The summed E-state index contributed by atoms with van der Waals surface area (Å²) in [5.41, 5.74) is -0.889. The van der Waals surface area contributed by atoms with Gasteiger partial charge in [0.05, 0.1) is 7.11 Å². The molecule has 0 aliphatic rings. The van der Waals surface area contributed by atoms with Crippen LogP contribution >= 0.6 is 7.60 Å². The van der Waals surface area contributed by atoms with Crippen molar-refractivity contribution in [3.8, 4) is 11.5 Å². The Morgan fingerprint density at radius 3 is 1.64 bits per heavy atom. The van der Waals surface area contributed by atoms with Crippen LogP contribution in [0.1, 0.15) is 0 Å². The number of rotatable bonds is 7. The zero-order valence-electron chi connectivity index (χ0n) is 11.8. The quantitative estimate of drug-likeness (QED) is 0.567. The van der Waals surface area contributed by atoms with E-state index in [2.05, 4.69) is 4.18 Å². The maximum absolute atomic E-state index is 12.8. The lowest BCUT2D eigenvalue weighted by Crippen LogP contribution is -2.14. The second-order valence-corrected chi connectivity index (χ2v) is 8.34. The highest BCUT2D eigenvalue weighted by molar-refractivity contribution is 7.93. The topological polar surface area (TPSA) is 78.9 Å². The third kappa shape index (κ3) is 4.87. The highest BCUT2D eigenvalue weighted by Gasteiger charge is 2.35. The van der Waals surface area contributed by atoms with E-state index in [1.165, 1.54) is 0 Å². The van der Waals surface area contributed by atoms with Gasteiger partial charge in [-0.1, -0.05) is 36.4 Å². The van der Waals surface area contributed by atoms with E-state index in [9.17, 15) is 13.0 Å². The summed E-state index contributed by atoms with van der Waals surface area (Å²) in [5, 5.41) is 0. The largest absolute Gasteiger partial charge is 0.448 e. The normalized spacial score (nSPS) is 11.9. The van der Waals surface area contributed by atoms with Crippen molar-refractivity contribution in [2.24, 2.45) is 0 Å². The first-order chi connectivity index (χ1) is 10.4. The van der Waals surface area contributed by atoms with Crippen LogP contribution in [0.4, 0.5) is 0 Å². The van der Waals surface area contributed by atoms with Crippen LogP contribution in [-0.4, -0.2) is 21.0 Å². The van der Waals surface area contributed by atoms with Crippen LogP contribution in [0.15, 0.2) is 60.7 Å². The lowest BCUT2D eigenvalue weighted by Gasteiger charge is -2.19. The van der Waals surface area contributed by atoms with Gasteiger partial charge in [-0.25, -0.2) is 4.57 Å². The first kappa shape index (κ1) is 16.5. The number of benzene rings is 2. The fourth-order valence-corrected chi connectivity index (χ4v) is 4.92. The Labute approximate surface area is 129 Å². The molecule has 0 fully saturated rings. The van der Waals surface area contributed by atoms with E-state index in [0.29, 0.717) is 0 Å². The van der Waals surface area contributed by atoms with Crippen LogP contribution in [0.25, 0.3) is 0 Å². The van der Waals surface area contributed by atoms with E-state index in [0.717, 1.165) is 7.11 Å². The fraction of sp³-hybridized carbons (Fsp3) is 0.143. The fourth-order valence-electron chi connectivity index (χ4n) is 1.60. The van der Waals surface area contributed by atoms with E-state index in [1.807, 2.05) is 0 Å². The van der Waals surface area contributed by atoms with Crippen LogP contribution in [0.2, 0.25) is 0 Å². The molecule has 22 heavy (non-hydrogen) atoms. The minimum atomic E-state index is -4.03. The standard InChI is InChI=1S/C14H15O6PS/c1-18-22(16,17)12-21(15,19-13-8-4-2-5-9-13)20-14-10-6-3-7-11-14/h2-11H,12H2,1H3. The molecule has 0 saturated carbocycles. The van der Waals surface area contributed by atoms with Crippen molar-refractivity contribution < 1.29 is 26.2 Å². The van der Waals surface area contributed by atoms with Crippen molar-refractivity contribution in [2.75, 3.05) is 12.6 Å². The van der Waals surface area contributed by atoms with Gasteiger partial charge in [0.15, 0.2) is 5.49 Å². The highest BCUT2D eigenvalue weighted by Crippen LogP contribution is 2.49. The molecule has 2 aromatic carbocycles. The van der Waals surface area contributed by atoms with Gasteiger partial charge in [-0.15, -0.1) is 0 Å². The first-order valence-electron chi connectivity index (χ1n) is 6.29. The Balaban J connectivity index is 2.29. The zero-order valence-corrected chi connectivity index (χ0v) is 13.5. The molecule has 0 spiro atoms. The van der Waals surface area contributed by atoms with Crippen molar-refractivity contribution in [2.45, 2.75) is 0 Å². The Hall–Kier alpha value is -1.82. The molecular formula is C14H15O6PS. The average Bonchev–Trinajstić information content (AvgIpc) is 2.48. The summed E-state index contributed by atoms with van der Waals surface area (Å²) in [7, 11) is -7.05. The zero-order chi connectivity index (χ0) is 16.1. The number of hydrogen-bond acceptors (Lipinski definition) is 6. The van der Waals surface area contributed by atoms with Crippen LogP contribution in [0, 0.1) is 0 Å². The highest BCUT2D eigenvalue weighted by atomic mass is 32.2. The molecule has 0 N–H and O–H groups in total. The van der Waals surface area contributed by atoms with Crippen molar-refractivity contribution in [3.63, 3.8) is 0 Å². The number of hydrogen-bond donors (Lipinski definition) is 0. The summed E-state index contributed by atoms with van der Waals surface area (Å²) < 4.78 is 51.1. The van der Waals surface area contributed by atoms with Crippen molar-refractivity contribution >= 4 is 17.7 Å². The average molecular weight is 342 g/mol. The smallest absolute Gasteiger partial charge is 0.415 e. The Morgan fingerprint density at radius 2 is 1.27 bits per heavy atom. The Kier molecular flexibility index (Phi) is 5.24. The van der Waals surface area contributed by atoms with Gasteiger partial charge in [-0.2, -0.15) is 8.42 Å². The van der Waals surface area contributed by atoms with Crippen LogP contribution in [-0.2, 0) is 18.9 Å². The van der Waals surface area contributed by atoms with Gasteiger partial charge in [-0.05, 0) is 24.3 Å². The van der Waals surface area contributed by atoms with Gasteiger partial charge in [0, 0.05) is 0 Å². The van der Waals surface area contributed by atoms with E-state index in [4.69, 9.17) is 9.05 Å².